The largest absolute Gasteiger partial charge is 0.493 e. The molecule has 2 heterocycles. The first-order chi connectivity index (χ1) is 13.7. The van der Waals surface area contributed by atoms with Crippen LogP contribution < -0.4 is 24.4 Å². The maximum absolute atomic E-state index is 12.4. The number of hydrogen-bond acceptors (Lipinski definition) is 6. The Morgan fingerprint density at radius 1 is 1.04 bits per heavy atom. The normalized spacial score (nSPS) is 13.8. The minimum atomic E-state index is -0.0816. The van der Waals surface area contributed by atoms with Crippen molar-refractivity contribution < 1.29 is 19.0 Å². The van der Waals surface area contributed by atoms with Crippen LogP contribution in [-0.2, 0) is 0 Å². The number of methoxy groups -OCH3 is 2. The molecule has 2 amide bonds. The number of ether oxygens (including phenoxy) is 3. The summed E-state index contributed by atoms with van der Waals surface area (Å²) < 4.78 is 16.3. The van der Waals surface area contributed by atoms with Gasteiger partial charge < -0.3 is 29.3 Å². The van der Waals surface area contributed by atoms with Crippen molar-refractivity contribution in [1.29, 1.82) is 0 Å². The Labute approximate surface area is 165 Å². The Bertz CT molecular complexity index is 764. The quantitative estimate of drug-likeness (QED) is 0.734. The molecule has 0 spiro atoms. The Balaban J connectivity index is 1.41. The molecule has 2 aromatic rings. The summed E-state index contributed by atoms with van der Waals surface area (Å²) in [6.45, 7) is 3.59. The number of urea groups is 1. The summed E-state index contributed by atoms with van der Waals surface area (Å²) in [5, 5.41) is 2.90. The van der Waals surface area contributed by atoms with E-state index in [2.05, 4.69) is 15.2 Å². The van der Waals surface area contributed by atoms with Gasteiger partial charge in [0.05, 0.1) is 20.8 Å². The van der Waals surface area contributed by atoms with E-state index in [9.17, 15) is 4.79 Å². The zero-order valence-corrected chi connectivity index (χ0v) is 16.3. The first-order valence-corrected chi connectivity index (χ1v) is 9.25. The standard InChI is InChI=1S/C20H26N4O4/c1-26-16-6-5-7-17(19(16)27-2)28-15-10-22-20(25)24-13-11-23(12-14-24)18-8-3-4-9-21-18/h3-9H,10-15H2,1-2H3,(H,22,25). The Morgan fingerprint density at radius 3 is 2.50 bits per heavy atom. The molecule has 0 bridgehead atoms. The first kappa shape index (κ1) is 19.6. The fourth-order valence-corrected chi connectivity index (χ4v) is 3.08. The lowest BCUT2D eigenvalue weighted by atomic mass is 10.3. The first-order valence-electron chi connectivity index (χ1n) is 9.25. The number of hydrogen-bond donors (Lipinski definition) is 1. The number of rotatable bonds is 7. The van der Waals surface area contributed by atoms with Crippen molar-refractivity contribution in [2.24, 2.45) is 0 Å². The van der Waals surface area contributed by atoms with E-state index in [1.807, 2.05) is 29.2 Å². The number of anilines is 1. The zero-order valence-electron chi connectivity index (χ0n) is 16.3. The molecule has 1 saturated heterocycles. The summed E-state index contributed by atoms with van der Waals surface area (Å²) in [6.07, 6.45) is 1.78. The number of piperazine rings is 1. The Kier molecular flexibility index (Phi) is 6.78. The number of nitrogens with one attached hydrogen (secondary N) is 1. The van der Waals surface area contributed by atoms with Gasteiger partial charge in [-0.15, -0.1) is 0 Å². The van der Waals surface area contributed by atoms with Gasteiger partial charge in [-0.25, -0.2) is 9.78 Å². The van der Waals surface area contributed by atoms with Crippen LogP contribution in [0.1, 0.15) is 0 Å². The van der Waals surface area contributed by atoms with Crippen LogP contribution in [0.5, 0.6) is 17.2 Å². The van der Waals surface area contributed by atoms with Crippen LogP contribution in [0.2, 0.25) is 0 Å². The third kappa shape index (κ3) is 4.76. The van der Waals surface area contributed by atoms with Crippen molar-refractivity contribution in [3.8, 4) is 17.2 Å². The second-order valence-electron chi connectivity index (χ2n) is 6.23. The second-order valence-corrected chi connectivity index (χ2v) is 6.23. The molecule has 1 aliphatic rings. The van der Waals surface area contributed by atoms with Gasteiger partial charge in [-0.05, 0) is 24.3 Å². The molecule has 0 radical (unpaired) electrons. The predicted molar refractivity (Wildman–Crippen MR) is 106 cm³/mol. The Morgan fingerprint density at radius 2 is 1.82 bits per heavy atom. The summed E-state index contributed by atoms with van der Waals surface area (Å²) in [6, 6.07) is 11.2. The number of benzene rings is 1. The van der Waals surface area contributed by atoms with Gasteiger partial charge in [0, 0.05) is 32.4 Å². The van der Waals surface area contributed by atoms with Crippen molar-refractivity contribution in [3.63, 3.8) is 0 Å². The monoisotopic (exact) mass is 386 g/mol. The van der Waals surface area contributed by atoms with E-state index in [1.165, 1.54) is 0 Å². The fraction of sp³-hybridized carbons (Fsp3) is 0.400. The zero-order chi connectivity index (χ0) is 19.8. The molecule has 0 saturated carbocycles. The summed E-state index contributed by atoms with van der Waals surface area (Å²) >= 11 is 0. The van der Waals surface area contributed by atoms with E-state index in [4.69, 9.17) is 14.2 Å². The maximum Gasteiger partial charge on any atom is 0.317 e. The molecule has 28 heavy (non-hydrogen) atoms. The molecule has 8 heteroatoms. The van der Waals surface area contributed by atoms with E-state index in [0.717, 1.165) is 18.9 Å². The molecule has 3 rings (SSSR count). The average Bonchev–Trinajstić information content (AvgIpc) is 2.77. The number of aromatic nitrogens is 1. The Hall–Kier alpha value is -3.16. The van der Waals surface area contributed by atoms with Gasteiger partial charge in [-0.3, -0.25) is 0 Å². The van der Waals surface area contributed by atoms with E-state index in [1.54, 1.807) is 32.5 Å². The summed E-state index contributed by atoms with van der Waals surface area (Å²) in [7, 11) is 3.15. The number of para-hydroxylation sites is 1. The van der Waals surface area contributed by atoms with E-state index >= 15 is 0 Å². The number of carbonyl (C=O) groups excluding carboxylic acids is 1. The lowest BCUT2D eigenvalue weighted by molar-refractivity contribution is 0.191. The van der Waals surface area contributed by atoms with Crippen LogP contribution in [0.25, 0.3) is 0 Å². The molecular weight excluding hydrogens is 360 g/mol. The van der Waals surface area contributed by atoms with Gasteiger partial charge in [0.15, 0.2) is 11.5 Å². The lowest BCUT2D eigenvalue weighted by Crippen LogP contribution is -2.52. The molecule has 1 fully saturated rings. The summed E-state index contributed by atoms with van der Waals surface area (Å²) in [5.74, 6) is 2.68. The van der Waals surface area contributed by atoms with E-state index in [0.29, 0.717) is 43.5 Å². The highest BCUT2D eigenvalue weighted by Gasteiger charge is 2.21. The van der Waals surface area contributed by atoms with Gasteiger partial charge in [-0.1, -0.05) is 12.1 Å². The van der Waals surface area contributed by atoms with Gasteiger partial charge in [0.1, 0.15) is 12.4 Å². The van der Waals surface area contributed by atoms with Crippen LogP contribution >= 0.6 is 0 Å². The molecule has 8 nitrogen and oxygen atoms in total. The van der Waals surface area contributed by atoms with Gasteiger partial charge in [0.2, 0.25) is 5.75 Å². The number of carbonyl (C=O) groups is 1. The van der Waals surface area contributed by atoms with E-state index in [-0.39, 0.29) is 6.03 Å². The van der Waals surface area contributed by atoms with Crippen LogP contribution in [0.15, 0.2) is 42.6 Å². The topological polar surface area (TPSA) is 76.2 Å². The van der Waals surface area contributed by atoms with Crippen molar-refractivity contribution in [2.75, 3.05) is 58.5 Å². The highest BCUT2D eigenvalue weighted by molar-refractivity contribution is 5.74. The molecule has 150 valence electrons. The summed E-state index contributed by atoms with van der Waals surface area (Å²) in [4.78, 5) is 20.7. The second kappa shape index (κ2) is 9.68. The van der Waals surface area contributed by atoms with Crippen molar-refractivity contribution in [2.45, 2.75) is 0 Å². The number of nitrogens with zero attached hydrogens (tertiary/aromatic N) is 3. The average molecular weight is 386 g/mol. The number of amides is 2. The molecule has 1 aromatic carbocycles. The van der Waals surface area contributed by atoms with Gasteiger partial charge in [-0.2, -0.15) is 0 Å². The van der Waals surface area contributed by atoms with Crippen molar-refractivity contribution in [3.05, 3.63) is 42.6 Å². The van der Waals surface area contributed by atoms with Gasteiger partial charge in [0.25, 0.3) is 0 Å². The van der Waals surface area contributed by atoms with Gasteiger partial charge >= 0.3 is 6.03 Å². The van der Waals surface area contributed by atoms with Crippen molar-refractivity contribution in [1.82, 2.24) is 15.2 Å². The summed E-state index contributed by atoms with van der Waals surface area (Å²) in [5.41, 5.74) is 0. The van der Waals surface area contributed by atoms with Crippen LogP contribution in [0, 0.1) is 0 Å². The van der Waals surface area contributed by atoms with Crippen molar-refractivity contribution >= 4 is 11.8 Å². The minimum absolute atomic E-state index is 0.0816. The highest BCUT2D eigenvalue weighted by Crippen LogP contribution is 2.36. The molecule has 1 aromatic heterocycles. The van der Waals surface area contributed by atoms with E-state index < -0.39 is 0 Å². The molecule has 0 unspecified atom stereocenters. The molecule has 1 aliphatic heterocycles. The third-order valence-electron chi connectivity index (χ3n) is 4.54. The highest BCUT2D eigenvalue weighted by atomic mass is 16.5. The minimum Gasteiger partial charge on any atom is -0.493 e. The lowest BCUT2D eigenvalue weighted by Gasteiger charge is -2.35. The molecule has 0 atom stereocenters. The third-order valence-corrected chi connectivity index (χ3v) is 4.54. The molecule has 1 N–H and O–H groups in total. The predicted octanol–water partition coefficient (Wildman–Crippen LogP) is 2.01. The SMILES string of the molecule is COc1cccc(OCCNC(=O)N2CCN(c3ccccn3)CC2)c1OC. The number of pyridine rings is 1. The van der Waals surface area contributed by atoms with Crippen LogP contribution in [-0.4, -0.2) is 69.5 Å². The van der Waals surface area contributed by atoms with Crippen LogP contribution in [0.3, 0.4) is 0 Å². The van der Waals surface area contributed by atoms with Crippen LogP contribution in [0.4, 0.5) is 10.6 Å². The smallest absolute Gasteiger partial charge is 0.317 e. The fourth-order valence-electron chi connectivity index (χ4n) is 3.08. The maximum atomic E-state index is 12.4. The molecule has 0 aliphatic carbocycles. The molecular formula is C20H26N4O4.